The molecule has 0 bridgehead atoms. The van der Waals surface area contributed by atoms with Crippen LogP contribution < -0.4 is 0 Å². The first-order valence-electron chi connectivity index (χ1n) is 21.2. The average molecular weight is 797 g/mol. The van der Waals surface area contributed by atoms with Gasteiger partial charge in [-0.2, -0.15) is 0 Å². The van der Waals surface area contributed by atoms with Crippen LogP contribution in [0.4, 0.5) is 0 Å². The van der Waals surface area contributed by atoms with Crippen molar-refractivity contribution in [3.63, 3.8) is 0 Å². The molecule has 11 heteroatoms. The minimum atomic E-state index is -4.63. The van der Waals surface area contributed by atoms with Crippen LogP contribution in [0.25, 0.3) is 0 Å². The van der Waals surface area contributed by atoms with Crippen molar-refractivity contribution in [2.45, 2.75) is 180 Å². The molecule has 0 aromatic rings. The monoisotopic (exact) mass is 797 g/mol. The molecule has 10 nitrogen and oxygen atoms in total. The number of hydrogen-bond donors (Lipinski definition) is 3. The summed E-state index contributed by atoms with van der Waals surface area (Å²) in [5.74, 6) is -1.01. The highest BCUT2D eigenvalue weighted by atomic mass is 31.2. The van der Waals surface area contributed by atoms with E-state index in [1.165, 1.54) is 57.8 Å². The molecule has 55 heavy (non-hydrogen) atoms. The first kappa shape index (κ1) is 52.7. The minimum Gasteiger partial charge on any atom is -0.462 e. The smallest absolute Gasteiger partial charge is 0.462 e. The highest BCUT2D eigenvalue weighted by molar-refractivity contribution is 7.47. The number of unbranched alkanes of at least 4 members (excludes halogenated alkanes) is 15. The highest BCUT2D eigenvalue weighted by Crippen LogP contribution is 2.43. The number of phosphoric ester groups is 1. The van der Waals surface area contributed by atoms with E-state index in [1.54, 1.807) is 0 Å². The van der Waals surface area contributed by atoms with Crippen molar-refractivity contribution in [3.8, 4) is 0 Å². The second-order valence-electron chi connectivity index (χ2n) is 14.0. The number of aliphatic hydroxyl groups is 2. The van der Waals surface area contributed by atoms with Crippen LogP contribution >= 0.6 is 7.82 Å². The SMILES string of the molecule is CCCCC/C=C/C/C=C/CCCCCCCC(=O)O[C@H](COC(=O)CCC/C=C/C/C=C/C/C=C/CCCCCCCC)COP(=O)(O)OC[C@@H](O)CO. The van der Waals surface area contributed by atoms with Crippen LogP contribution in [-0.2, 0) is 32.7 Å². The van der Waals surface area contributed by atoms with Crippen LogP contribution in [-0.4, -0.2) is 65.7 Å². The number of carbonyl (C=O) groups excluding carboxylic acids is 2. The van der Waals surface area contributed by atoms with Gasteiger partial charge in [0, 0.05) is 12.8 Å². The Labute approximate surface area is 334 Å². The Morgan fingerprint density at radius 1 is 0.545 bits per heavy atom. The molecular formula is C44H77O10P. The van der Waals surface area contributed by atoms with Gasteiger partial charge >= 0.3 is 19.8 Å². The first-order chi connectivity index (χ1) is 26.7. The number of aliphatic hydroxyl groups excluding tert-OH is 2. The van der Waals surface area contributed by atoms with E-state index >= 15 is 0 Å². The predicted octanol–water partition coefficient (Wildman–Crippen LogP) is 11.1. The van der Waals surface area contributed by atoms with E-state index in [4.69, 9.17) is 19.1 Å². The van der Waals surface area contributed by atoms with Gasteiger partial charge in [0.2, 0.25) is 0 Å². The van der Waals surface area contributed by atoms with Gasteiger partial charge in [-0.05, 0) is 77.0 Å². The third kappa shape index (κ3) is 39.7. The van der Waals surface area contributed by atoms with Crippen molar-refractivity contribution in [3.05, 3.63) is 60.8 Å². The van der Waals surface area contributed by atoms with Gasteiger partial charge in [-0.25, -0.2) is 4.57 Å². The summed E-state index contributed by atoms with van der Waals surface area (Å²) >= 11 is 0. The lowest BCUT2D eigenvalue weighted by molar-refractivity contribution is -0.161. The van der Waals surface area contributed by atoms with E-state index in [0.29, 0.717) is 19.3 Å². The molecular weight excluding hydrogens is 719 g/mol. The van der Waals surface area contributed by atoms with Crippen molar-refractivity contribution in [1.29, 1.82) is 0 Å². The molecule has 0 fully saturated rings. The third-order valence-corrected chi connectivity index (χ3v) is 9.60. The lowest BCUT2D eigenvalue weighted by Crippen LogP contribution is -2.29. The molecule has 0 amide bonds. The summed E-state index contributed by atoms with van der Waals surface area (Å²) in [6.45, 7) is 2.26. The Morgan fingerprint density at radius 3 is 1.51 bits per heavy atom. The van der Waals surface area contributed by atoms with Gasteiger partial charge in [0.15, 0.2) is 6.10 Å². The highest BCUT2D eigenvalue weighted by Gasteiger charge is 2.27. The Balaban J connectivity index is 4.43. The topological polar surface area (TPSA) is 149 Å². The Hall–Kier alpha value is -2.33. The predicted molar refractivity (Wildman–Crippen MR) is 224 cm³/mol. The first-order valence-corrected chi connectivity index (χ1v) is 22.7. The molecule has 0 heterocycles. The van der Waals surface area contributed by atoms with Gasteiger partial charge in [0.25, 0.3) is 0 Å². The molecule has 0 aliphatic rings. The molecule has 0 aromatic heterocycles. The van der Waals surface area contributed by atoms with Crippen molar-refractivity contribution in [2.75, 3.05) is 26.4 Å². The number of phosphoric acid groups is 1. The second-order valence-corrected chi connectivity index (χ2v) is 15.5. The van der Waals surface area contributed by atoms with Gasteiger partial charge in [0.05, 0.1) is 19.8 Å². The van der Waals surface area contributed by atoms with E-state index in [1.807, 2.05) is 6.08 Å². The zero-order chi connectivity index (χ0) is 40.5. The maximum Gasteiger partial charge on any atom is 0.472 e. The molecule has 0 rings (SSSR count). The van der Waals surface area contributed by atoms with E-state index < -0.39 is 51.8 Å². The number of allylic oxidation sites excluding steroid dienone is 10. The fraction of sp³-hybridized carbons (Fsp3) is 0.727. The number of ether oxygens (including phenoxy) is 2. The van der Waals surface area contributed by atoms with E-state index in [-0.39, 0.29) is 19.4 Å². The Bertz CT molecular complexity index is 1100. The van der Waals surface area contributed by atoms with Crippen LogP contribution in [0, 0.1) is 0 Å². The van der Waals surface area contributed by atoms with Crippen LogP contribution in [0.1, 0.15) is 168 Å². The molecule has 0 aliphatic carbocycles. The van der Waals surface area contributed by atoms with Gasteiger partial charge < -0.3 is 24.6 Å². The Kier molecular flexibility index (Phi) is 38.2. The van der Waals surface area contributed by atoms with Gasteiger partial charge in [-0.15, -0.1) is 0 Å². The fourth-order valence-electron chi connectivity index (χ4n) is 5.33. The van der Waals surface area contributed by atoms with Gasteiger partial charge in [0.1, 0.15) is 12.7 Å². The summed E-state index contributed by atoms with van der Waals surface area (Å²) in [6, 6.07) is 0. The number of rotatable bonds is 39. The maximum atomic E-state index is 12.6. The lowest BCUT2D eigenvalue weighted by Gasteiger charge is -2.20. The minimum absolute atomic E-state index is 0.155. The molecule has 318 valence electrons. The summed E-state index contributed by atoms with van der Waals surface area (Å²) < 4.78 is 32.6. The zero-order valence-corrected chi connectivity index (χ0v) is 35.3. The summed E-state index contributed by atoms with van der Waals surface area (Å²) in [7, 11) is -4.63. The Morgan fingerprint density at radius 2 is 0.964 bits per heavy atom. The van der Waals surface area contributed by atoms with Crippen molar-refractivity contribution >= 4 is 19.8 Å². The standard InChI is InChI=1S/C44H77O10P/c1-3-5-7-9-11-13-15-17-19-20-22-23-25-27-29-31-33-35-43(47)51-39-42(40-53-55(49,50)52-38-41(46)37-45)54-44(48)36-34-32-30-28-26-24-21-18-16-14-12-10-8-6-4-2/h12,14,17-19,21-23,27,29,41-42,45-46H,3-11,13,15-16,20,24-26,28,30-40H2,1-2H3,(H,49,50)/b14-12+,19-17+,21-18+,23-22+,29-27+/t41-,42+/m0/s1. The van der Waals surface area contributed by atoms with Gasteiger partial charge in [-0.3, -0.25) is 18.6 Å². The molecule has 3 N–H and O–H groups in total. The second kappa shape index (κ2) is 39.9. The van der Waals surface area contributed by atoms with Crippen LogP contribution in [0.3, 0.4) is 0 Å². The summed E-state index contributed by atoms with van der Waals surface area (Å²) in [6.07, 6.45) is 43.3. The normalized spacial score (nSPS) is 14.5. The summed E-state index contributed by atoms with van der Waals surface area (Å²) in [4.78, 5) is 34.9. The quantitative estimate of drug-likeness (QED) is 0.0237. The molecule has 0 radical (unpaired) electrons. The summed E-state index contributed by atoms with van der Waals surface area (Å²) in [5.41, 5.74) is 0. The van der Waals surface area contributed by atoms with E-state index in [2.05, 4.69) is 73.1 Å². The molecule has 0 saturated carbocycles. The van der Waals surface area contributed by atoms with Crippen molar-refractivity contribution in [1.82, 2.24) is 0 Å². The maximum absolute atomic E-state index is 12.6. The number of carbonyl (C=O) groups is 2. The zero-order valence-electron chi connectivity index (χ0n) is 34.4. The van der Waals surface area contributed by atoms with Crippen LogP contribution in [0.5, 0.6) is 0 Å². The number of esters is 2. The lowest BCUT2D eigenvalue weighted by atomic mass is 10.1. The van der Waals surface area contributed by atoms with Crippen molar-refractivity contribution in [2.24, 2.45) is 0 Å². The molecule has 0 spiro atoms. The third-order valence-electron chi connectivity index (χ3n) is 8.64. The fourth-order valence-corrected chi connectivity index (χ4v) is 6.12. The van der Waals surface area contributed by atoms with E-state index in [9.17, 15) is 24.2 Å². The van der Waals surface area contributed by atoms with E-state index in [0.717, 1.165) is 64.2 Å². The van der Waals surface area contributed by atoms with Crippen molar-refractivity contribution < 1.29 is 47.8 Å². The number of hydrogen-bond acceptors (Lipinski definition) is 9. The molecule has 1 unspecified atom stereocenters. The molecule has 0 aliphatic heterocycles. The molecule has 0 aromatic carbocycles. The molecule has 0 saturated heterocycles. The largest absolute Gasteiger partial charge is 0.472 e. The molecule has 3 atom stereocenters. The van der Waals surface area contributed by atoms with Gasteiger partial charge in [-0.1, -0.05) is 139 Å². The van der Waals surface area contributed by atoms with Crippen LogP contribution in [0.2, 0.25) is 0 Å². The van der Waals surface area contributed by atoms with Crippen LogP contribution in [0.15, 0.2) is 60.8 Å². The summed E-state index contributed by atoms with van der Waals surface area (Å²) in [5, 5.41) is 18.3. The average Bonchev–Trinajstić information content (AvgIpc) is 3.17.